The molecule has 1 aliphatic rings. The number of hydrogen-bond acceptors (Lipinski definition) is 2. The second-order valence-corrected chi connectivity index (χ2v) is 3.68. The van der Waals surface area contributed by atoms with Crippen molar-refractivity contribution in [3.8, 4) is 0 Å². The Labute approximate surface area is 87.9 Å². The van der Waals surface area contributed by atoms with Gasteiger partial charge in [-0.3, -0.25) is 9.59 Å². The predicted octanol–water partition coefficient (Wildman–Crippen LogP) is 1.12. The maximum atomic E-state index is 10.9. The third-order valence-corrected chi connectivity index (χ3v) is 2.42. The number of carbonyl (C=O) groups is 2. The van der Waals surface area contributed by atoms with Crippen LogP contribution in [0.4, 0.5) is 5.69 Å². The van der Waals surface area contributed by atoms with Crippen molar-refractivity contribution in [1.82, 2.24) is 4.90 Å². The molecule has 1 aromatic rings. The van der Waals surface area contributed by atoms with Crippen LogP contribution in [0.15, 0.2) is 18.2 Å². The van der Waals surface area contributed by atoms with Gasteiger partial charge in [-0.2, -0.15) is 0 Å². The lowest BCUT2D eigenvalue weighted by molar-refractivity contribution is -0.118. The van der Waals surface area contributed by atoms with E-state index >= 15 is 0 Å². The van der Waals surface area contributed by atoms with Gasteiger partial charge < -0.3 is 10.2 Å². The molecule has 4 heteroatoms. The van der Waals surface area contributed by atoms with E-state index in [-0.39, 0.29) is 5.91 Å². The molecule has 1 aliphatic heterocycles. The number of hydrogen-bond donors (Lipinski definition) is 1. The Balaban J connectivity index is 2.22. The summed E-state index contributed by atoms with van der Waals surface area (Å²) in [5.74, 6) is -0.0832. The van der Waals surface area contributed by atoms with Crippen LogP contribution in [0.25, 0.3) is 0 Å². The highest BCUT2D eigenvalue weighted by Crippen LogP contribution is 2.24. The maximum Gasteiger partial charge on any atom is 0.221 e. The third-order valence-electron chi connectivity index (χ3n) is 2.42. The highest BCUT2D eigenvalue weighted by molar-refractivity contribution is 5.88. The fourth-order valence-corrected chi connectivity index (χ4v) is 1.78. The van der Waals surface area contributed by atoms with E-state index in [0.717, 1.165) is 23.2 Å². The summed E-state index contributed by atoms with van der Waals surface area (Å²) in [7, 11) is 0. The molecule has 0 aromatic heterocycles. The molecule has 4 nitrogen and oxygen atoms in total. The van der Waals surface area contributed by atoms with Crippen molar-refractivity contribution in [1.29, 1.82) is 0 Å². The molecule has 1 aromatic carbocycles. The molecule has 0 unspecified atom stereocenters. The number of nitrogens with zero attached hydrogens (tertiary/aromatic N) is 1. The van der Waals surface area contributed by atoms with E-state index in [1.54, 1.807) is 4.90 Å². The summed E-state index contributed by atoms with van der Waals surface area (Å²) in [6, 6.07) is 5.72. The topological polar surface area (TPSA) is 49.4 Å². The molecule has 0 bridgehead atoms. The quantitative estimate of drug-likeness (QED) is 0.734. The first-order chi connectivity index (χ1) is 7.19. The zero-order valence-corrected chi connectivity index (χ0v) is 8.49. The Morgan fingerprint density at radius 3 is 2.80 bits per heavy atom. The molecule has 78 valence electrons. The molecule has 15 heavy (non-hydrogen) atoms. The summed E-state index contributed by atoms with van der Waals surface area (Å²) in [5.41, 5.74) is 3.04. The highest BCUT2D eigenvalue weighted by atomic mass is 16.1. The summed E-state index contributed by atoms with van der Waals surface area (Å²) >= 11 is 0. The second kappa shape index (κ2) is 3.73. The van der Waals surface area contributed by atoms with Gasteiger partial charge in [0.15, 0.2) is 0 Å². The van der Waals surface area contributed by atoms with E-state index in [1.165, 1.54) is 6.92 Å². The molecular formula is C11H12N2O2. The smallest absolute Gasteiger partial charge is 0.221 e. The van der Waals surface area contributed by atoms with Crippen LogP contribution in [0, 0.1) is 0 Å². The van der Waals surface area contributed by atoms with Crippen molar-refractivity contribution in [3.63, 3.8) is 0 Å². The van der Waals surface area contributed by atoms with Crippen LogP contribution in [0.1, 0.15) is 18.1 Å². The van der Waals surface area contributed by atoms with E-state index in [9.17, 15) is 9.59 Å². The molecule has 0 radical (unpaired) electrons. The van der Waals surface area contributed by atoms with Crippen LogP contribution < -0.4 is 5.32 Å². The number of nitrogens with one attached hydrogen (secondary N) is 1. The number of fused-ring (bicyclic) bond motifs is 1. The van der Waals surface area contributed by atoms with Crippen molar-refractivity contribution in [3.05, 3.63) is 29.3 Å². The largest absolute Gasteiger partial charge is 0.337 e. The van der Waals surface area contributed by atoms with E-state index in [2.05, 4.69) is 5.32 Å². The summed E-state index contributed by atoms with van der Waals surface area (Å²) in [6.45, 7) is 2.77. The van der Waals surface area contributed by atoms with Crippen LogP contribution >= 0.6 is 0 Å². The van der Waals surface area contributed by atoms with Gasteiger partial charge in [0.2, 0.25) is 12.3 Å². The van der Waals surface area contributed by atoms with Crippen LogP contribution in [0.2, 0.25) is 0 Å². The van der Waals surface area contributed by atoms with Crippen molar-refractivity contribution >= 4 is 18.0 Å². The minimum Gasteiger partial charge on any atom is -0.337 e. The minimum absolute atomic E-state index is 0.0832. The second-order valence-electron chi connectivity index (χ2n) is 3.68. The summed E-state index contributed by atoms with van der Waals surface area (Å²) in [5, 5.41) is 2.72. The molecule has 2 rings (SSSR count). The summed E-state index contributed by atoms with van der Waals surface area (Å²) < 4.78 is 0. The number of benzene rings is 1. The predicted molar refractivity (Wildman–Crippen MR) is 56.1 cm³/mol. The van der Waals surface area contributed by atoms with E-state index in [4.69, 9.17) is 0 Å². The Morgan fingerprint density at radius 2 is 2.13 bits per heavy atom. The lowest BCUT2D eigenvalue weighted by Crippen LogP contribution is -2.12. The molecule has 1 heterocycles. The number of amides is 2. The van der Waals surface area contributed by atoms with Gasteiger partial charge in [0.25, 0.3) is 0 Å². The van der Waals surface area contributed by atoms with Gasteiger partial charge in [0.05, 0.1) is 0 Å². The first kappa shape index (κ1) is 9.71. The van der Waals surface area contributed by atoms with Crippen LogP contribution in [0.3, 0.4) is 0 Å². The van der Waals surface area contributed by atoms with Gasteiger partial charge in [-0.25, -0.2) is 0 Å². The number of anilines is 1. The van der Waals surface area contributed by atoms with Crippen LogP contribution in [0.5, 0.6) is 0 Å². The molecule has 0 saturated carbocycles. The maximum absolute atomic E-state index is 10.9. The van der Waals surface area contributed by atoms with Gasteiger partial charge in [0.1, 0.15) is 0 Å². The van der Waals surface area contributed by atoms with Gasteiger partial charge in [-0.05, 0) is 23.3 Å². The van der Waals surface area contributed by atoms with Crippen molar-refractivity contribution < 1.29 is 9.59 Å². The molecular weight excluding hydrogens is 192 g/mol. The number of rotatable bonds is 2. The lowest BCUT2D eigenvalue weighted by atomic mass is 10.1. The van der Waals surface area contributed by atoms with Crippen molar-refractivity contribution in [2.24, 2.45) is 0 Å². The highest BCUT2D eigenvalue weighted by Gasteiger charge is 2.17. The van der Waals surface area contributed by atoms with E-state index in [1.807, 2.05) is 18.2 Å². The monoisotopic (exact) mass is 204 g/mol. The lowest BCUT2D eigenvalue weighted by Gasteiger charge is -2.04. The molecule has 0 atom stereocenters. The van der Waals surface area contributed by atoms with Gasteiger partial charge in [-0.1, -0.05) is 6.07 Å². The zero-order valence-electron chi connectivity index (χ0n) is 8.49. The third kappa shape index (κ3) is 1.98. The van der Waals surface area contributed by atoms with E-state index < -0.39 is 0 Å². The van der Waals surface area contributed by atoms with Gasteiger partial charge in [-0.15, -0.1) is 0 Å². The van der Waals surface area contributed by atoms with Crippen molar-refractivity contribution in [2.45, 2.75) is 20.0 Å². The van der Waals surface area contributed by atoms with Crippen LogP contribution in [-0.2, 0) is 22.7 Å². The fourth-order valence-electron chi connectivity index (χ4n) is 1.78. The van der Waals surface area contributed by atoms with Gasteiger partial charge in [0, 0.05) is 25.7 Å². The molecule has 1 N–H and O–H groups in total. The number of carbonyl (C=O) groups excluding carboxylic acids is 2. The Bertz CT molecular complexity index is 415. The standard InChI is InChI=1S/C11H12N2O2/c1-8(15)12-11-3-2-9-5-13(7-14)6-10(9)4-11/h2-4,7H,5-6H2,1H3,(H,12,15). The Kier molecular flexibility index (Phi) is 2.41. The SMILES string of the molecule is CC(=O)Nc1ccc2c(c1)CN(C=O)C2. The van der Waals surface area contributed by atoms with Gasteiger partial charge >= 0.3 is 0 Å². The summed E-state index contributed by atoms with van der Waals surface area (Å²) in [4.78, 5) is 23.1. The molecule has 2 amide bonds. The average molecular weight is 204 g/mol. The average Bonchev–Trinajstić information content (AvgIpc) is 2.58. The molecule has 0 spiro atoms. The molecule has 0 fully saturated rings. The van der Waals surface area contributed by atoms with Crippen LogP contribution in [-0.4, -0.2) is 17.2 Å². The zero-order chi connectivity index (χ0) is 10.8. The summed E-state index contributed by atoms with van der Waals surface area (Å²) in [6.07, 6.45) is 0.845. The first-order valence-corrected chi connectivity index (χ1v) is 4.78. The first-order valence-electron chi connectivity index (χ1n) is 4.78. The van der Waals surface area contributed by atoms with Crippen molar-refractivity contribution in [2.75, 3.05) is 5.32 Å². The molecule has 0 aliphatic carbocycles. The minimum atomic E-state index is -0.0832. The van der Waals surface area contributed by atoms with E-state index in [0.29, 0.717) is 13.1 Å². The Morgan fingerprint density at radius 1 is 1.40 bits per heavy atom. The Hall–Kier alpha value is -1.84. The normalized spacial score (nSPS) is 13.5. The fraction of sp³-hybridized carbons (Fsp3) is 0.273. The molecule has 0 saturated heterocycles.